The third-order valence-electron chi connectivity index (χ3n) is 3.90. The second-order valence-electron chi connectivity index (χ2n) is 5.67. The Balaban J connectivity index is 1.97. The van der Waals surface area contributed by atoms with Gasteiger partial charge in [-0.1, -0.05) is 50.1 Å². The van der Waals surface area contributed by atoms with Crippen molar-refractivity contribution in [1.29, 1.82) is 0 Å². The minimum absolute atomic E-state index is 0.0558. The molecule has 2 N–H and O–H groups in total. The van der Waals surface area contributed by atoms with Crippen LogP contribution < -0.4 is 4.72 Å². The topological polar surface area (TPSA) is 66.4 Å². The van der Waals surface area contributed by atoms with Crippen LogP contribution in [0.15, 0.2) is 30.3 Å². The van der Waals surface area contributed by atoms with Crippen LogP contribution in [0.3, 0.4) is 0 Å². The number of nitrogens with one attached hydrogen (secondary N) is 1. The van der Waals surface area contributed by atoms with Gasteiger partial charge in [-0.3, -0.25) is 0 Å². The molecule has 5 heteroatoms. The van der Waals surface area contributed by atoms with E-state index in [1.807, 2.05) is 37.3 Å². The lowest BCUT2D eigenvalue weighted by Crippen LogP contribution is -2.46. The van der Waals surface area contributed by atoms with E-state index < -0.39 is 16.1 Å². The maximum Gasteiger partial charge on any atom is 0.212 e. The summed E-state index contributed by atoms with van der Waals surface area (Å²) in [4.78, 5) is 0. The molecule has 112 valence electrons. The van der Waals surface area contributed by atoms with E-state index in [-0.39, 0.29) is 17.7 Å². The van der Waals surface area contributed by atoms with Crippen LogP contribution in [0, 0.1) is 0 Å². The molecule has 0 aromatic heterocycles. The zero-order valence-corrected chi connectivity index (χ0v) is 12.6. The second kappa shape index (κ2) is 6.70. The molecule has 3 unspecified atom stereocenters. The molecule has 20 heavy (non-hydrogen) atoms. The van der Waals surface area contributed by atoms with E-state index in [1.54, 1.807) is 0 Å². The Hall–Kier alpha value is -0.910. The minimum Gasteiger partial charge on any atom is -0.391 e. The number of aliphatic hydroxyl groups is 1. The lowest BCUT2D eigenvalue weighted by molar-refractivity contribution is 0.101. The van der Waals surface area contributed by atoms with Crippen LogP contribution in [-0.2, 0) is 10.0 Å². The standard InChI is InChI=1S/C15H23NO3S/c1-12(13-7-3-2-4-8-13)11-20(18,19)16-14-9-5-6-10-15(14)17/h2-4,7-8,12,14-17H,5-6,9-11H2,1H3. The van der Waals surface area contributed by atoms with Crippen molar-refractivity contribution in [1.82, 2.24) is 4.72 Å². The summed E-state index contributed by atoms with van der Waals surface area (Å²) in [5.74, 6) is -0.00492. The lowest BCUT2D eigenvalue weighted by atomic mass is 9.93. The van der Waals surface area contributed by atoms with Gasteiger partial charge in [0.05, 0.1) is 11.9 Å². The summed E-state index contributed by atoms with van der Waals surface area (Å²) in [5, 5.41) is 9.86. The highest BCUT2D eigenvalue weighted by atomic mass is 32.2. The van der Waals surface area contributed by atoms with E-state index in [9.17, 15) is 13.5 Å². The van der Waals surface area contributed by atoms with Crippen molar-refractivity contribution in [2.75, 3.05) is 5.75 Å². The number of aliphatic hydroxyl groups excluding tert-OH is 1. The van der Waals surface area contributed by atoms with Gasteiger partial charge in [0.1, 0.15) is 0 Å². The maximum absolute atomic E-state index is 12.2. The fraction of sp³-hybridized carbons (Fsp3) is 0.600. The molecule has 1 saturated carbocycles. The van der Waals surface area contributed by atoms with Crippen LogP contribution in [0.1, 0.15) is 44.1 Å². The Kier molecular flexibility index (Phi) is 5.18. The molecule has 0 amide bonds. The lowest BCUT2D eigenvalue weighted by Gasteiger charge is -2.28. The van der Waals surface area contributed by atoms with Crippen molar-refractivity contribution in [2.45, 2.75) is 50.7 Å². The van der Waals surface area contributed by atoms with Crippen LogP contribution >= 0.6 is 0 Å². The Bertz CT molecular complexity index is 515. The van der Waals surface area contributed by atoms with Gasteiger partial charge in [0, 0.05) is 6.04 Å². The van der Waals surface area contributed by atoms with Gasteiger partial charge >= 0.3 is 0 Å². The second-order valence-corrected chi connectivity index (χ2v) is 7.47. The third kappa shape index (κ3) is 4.30. The summed E-state index contributed by atoms with van der Waals surface area (Å²) in [6.07, 6.45) is 2.80. The normalized spacial score (nSPS) is 25.3. The molecule has 4 nitrogen and oxygen atoms in total. The largest absolute Gasteiger partial charge is 0.391 e. The zero-order valence-electron chi connectivity index (χ0n) is 11.8. The summed E-state index contributed by atoms with van der Waals surface area (Å²) in [6.45, 7) is 1.91. The highest BCUT2D eigenvalue weighted by Crippen LogP contribution is 2.21. The third-order valence-corrected chi connectivity index (χ3v) is 5.50. The number of hydrogen-bond donors (Lipinski definition) is 2. The van der Waals surface area contributed by atoms with Crippen LogP contribution in [-0.4, -0.2) is 31.4 Å². The molecule has 1 aliphatic carbocycles. The van der Waals surface area contributed by atoms with Gasteiger partial charge in [-0.2, -0.15) is 0 Å². The molecule has 3 atom stereocenters. The Labute approximate surface area is 121 Å². The number of sulfonamides is 1. The number of rotatable bonds is 5. The molecule has 1 aromatic carbocycles. The van der Waals surface area contributed by atoms with Crippen LogP contribution in [0.4, 0.5) is 0 Å². The molecule has 0 spiro atoms. The van der Waals surface area contributed by atoms with E-state index in [0.29, 0.717) is 6.42 Å². The molecular weight excluding hydrogens is 274 g/mol. The predicted octanol–water partition coefficient (Wildman–Crippen LogP) is 2.01. The first-order valence-corrected chi connectivity index (χ1v) is 8.86. The van der Waals surface area contributed by atoms with Gasteiger partial charge in [0.25, 0.3) is 0 Å². The van der Waals surface area contributed by atoms with Gasteiger partial charge in [-0.05, 0) is 24.3 Å². The highest BCUT2D eigenvalue weighted by Gasteiger charge is 2.28. The molecule has 0 radical (unpaired) electrons. The fourth-order valence-electron chi connectivity index (χ4n) is 2.73. The predicted molar refractivity (Wildman–Crippen MR) is 80.0 cm³/mol. The zero-order chi connectivity index (χ0) is 14.6. The minimum atomic E-state index is -3.37. The molecule has 0 aliphatic heterocycles. The first-order chi connectivity index (χ1) is 9.48. The fourth-order valence-corrected chi connectivity index (χ4v) is 4.42. The van der Waals surface area contributed by atoms with E-state index in [4.69, 9.17) is 0 Å². The summed E-state index contributed by atoms with van der Waals surface area (Å²) >= 11 is 0. The summed E-state index contributed by atoms with van der Waals surface area (Å²) in [5.41, 5.74) is 1.02. The summed E-state index contributed by atoms with van der Waals surface area (Å²) in [6, 6.07) is 9.30. The van der Waals surface area contributed by atoms with Gasteiger partial charge in [-0.25, -0.2) is 13.1 Å². The Morgan fingerprint density at radius 2 is 1.90 bits per heavy atom. The molecule has 1 aliphatic rings. The summed E-state index contributed by atoms with van der Waals surface area (Å²) < 4.78 is 27.1. The van der Waals surface area contributed by atoms with Crippen molar-refractivity contribution in [2.24, 2.45) is 0 Å². The summed E-state index contributed by atoms with van der Waals surface area (Å²) in [7, 11) is -3.37. The quantitative estimate of drug-likeness (QED) is 0.873. The Morgan fingerprint density at radius 1 is 1.25 bits per heavy atom. The van der Waals surface area contributed by atoms with Crippen LogP contribution in [0.2, 0.25) is 0 Å². The van der Waals surface area contributed by atoms with E-state index >= 15 is 0 Å². The molecule has 1 aromatic rings. The van der Waals surface area contributed by atoms with Gasteiger partial charge in [-0.15, -0.1) is 0 Å². The average Bonchev–Trinajstić information content (AvgIpc) is 2.41. The first kappa shape index (κ1) is 15.5. The van der Waals surface area contributed by atoms with Crippen LogP contribution in [0.5, 0.6) is 0 Å². The highest BCUT2D eigenvalue weighted by molar-refractivity contribution is 7.89. The molecule has 0 heterocycles. The van der Waals surface area contributed by atoms with E-state index in [2.05, 4.69) is 4.72 Å². The maximum atomic E-state index is 12.2. The monoisotopic (exact) mass is 297 g/mol. The molecule has 2 rings (SSSR count). The molecule has 0 saturated heterocycles. The van der Waals surface area contributed by atoms with Gasteiger partial charge in [0.15, 0.2) is 0 Å². The van der Waals surface area contributed by atoms with E-state index in [0.717, 1.165) is 24.8 Å². The number of benzene rings is 1. The molecule has 1 fully saturated rings. The van der Waals surface area contributed by atoms with E-state index in [1.165, 1.54) is 0 Å². The van der Waals surface area contributed by atoms with Crippen molar-refractivity contribution >= 4 is 10.0 Å². The van der Waals surface area contributed by atoms with Crippen LogP contribution in [0.25, 0.3) is 0 Å². The number of hydrogen-bond acceptors (Lipinski definition) is 3. The first-order valence-electron chi connectivity index (χ1n) is 7.21. The SMILES string of the molecule is CC(CS(=O)(=O)NC1CCCCC1O)c1ccccc1. The average molecular weight is 297 g/mol. The molecular formula is C15H23NO3S. The van der Waals surface area contributed by atoms with Crippen molar-refractivity contribution in [3.8, 4) is 0 Å². The smallest absolute Gasteiger partial charge is 0.212 e. The van der Waals surface area contributed by atoms with Crippen molar-refractivity contribution in [3.05, 3.63) is 35.9 Å². The van der Waals surface area contributed by atoms with Crippen molar-refractivity contribution in [3.63, 3.8) is 0 Å². The van der Waals surface area contributed by atoms with Crippen molar-refractivity contribution < 1.29 is 13.5 Å². The van der Waals surface area contributed by atoms with Gasteiger partial charge in [0.2, 0.25) is 10.0 Å². The molecule has 0 bridgehead atoms. The Morgan fingerprint density at radius 3 is 2.55 bits per heavy atom. The van der Waals surface area contributed by atoms with Gasteiger partial charge < -0.3 is 5.11 Å².